The van der Waals surface area contributed by atoms with Gasteiger partial charge in [0.15, 0.2) is 0 Å². The summed E-state index contributed by atoms with van der Waals surface area (Å²) < 4.78 is 45.4. The molecule has 1 heterocycles. The second kappa shape index (κ2) is 7.65. The standard InChI is InChI=1S/C20H18F3N3O/c1-14-8-6-7-11-17(14)26(2)19-24-12-16(20(21,22)23)18(25-19)27-13-15-9-4-3-5-10-15/h3-12H,13H2,1-2H3. The van der Waals surface area contributed by atoms with Gasteiger partial charge < -0.3 is 9.64 Å². The fraction of sp³-hybridized carbons (Fsp3) is 0.200. The van der Waals surface area contributed by atoms with Crippen LogP contribution in [-0.4, -0.2) is 17.0 Å². The zero-order chi connectivity index (χ0) is 19.4. The molecule has 0 saturated carbocycles. The molecule has 140 valence electrons. The lowest BCUT2D eigenvalue weighted by Crippen LogP contribution is -2.17. The van der Waals surface area contributed by atoms with E-state index in [1.165, 1.54) is 0 Å². The van der Waals surface area contributed by atoms with E-state index in [1.807, 2.05) is 37.3 Å². The highest BCUT2D eigenvalue weighted by molar-refractivity contribution is 5.61. The van der Waals surface area contributed by atoms with Crippen molar-refractivity contribution in [2.45, 2.75) is 19.7 Å². The summed E-state index contributed by atoms with van der Waals surface area (Å²) in [5.41, 5.74) is 1.50. The number of hydrogen-bond acceptors (Lipinski definition) is 4. The van der Waals surface area contributed by atoms with Crippen molar-refractivity contribution < 1.29 is 17.9 Å². The van der Waals surface area contributed by atoms with Gasteiger partial charge in [-0.1, -0.05) is 48.5 Å². The summed E-state index contributed by atoms with van der Waals surface area (Å²) in [5.74, 6) is -0.364. The van der Waals surface area contributed by atoms with Gasteiger partial charge in [0.2, 0.25) is 11.8 Å². The van der Waals surface area contributed by atoms with E-state index in [9.17, 15) is 13.2 Å². The molecule has 2 aromatic carbocycles. The van der Waals surface area contributed by atoms with Crippen LogP contribution in [0.15, 0.2) is 60.8 Å². The number of nitrogens with zero attached hydrogens (tertiary/aromatic N) is 3. The van der Waals surface area contributed by atoms with Crippen LogP contribution in [0.25, 0.3) is 0 Å². The zero-order valence-electron chi connectivity index (χ0n) is 14.9. The van der Waals surface area contributed by atoms with Crippen LogP contribution in [0.4, 0.5) is 24.8 Å². The maximum atomic E-state index is 13.3. The van der Waals surface area contributed by atoms with Crippen LogP contribution in [0, 0.1) is 6.92 Å². The second-order valence-electron chi connectivity index (χ2n) is 6.01. The average molecular weight is 373 g/mol. The predicted octanol–water partition coefficient (Wildman–Crippen LogP) is 5.15. The zero-order valence-corrected chi connectivity index (χ0v) is 14.9. The Hall–Kier alpha value is -3.09. The molecule has 0 aliphatic heterocycles. The fourth-order valence-electron chi connectivity index (χ4n) is 2.60. The Kier molecular flexibility index (Phi) is 5.30. The normalized spacial score (nSPS) is 11.3. The molecule has 0 atom stereocenters. The minimum atomic E-state index is -4.61. The molecule has 1 aromatic heterocycles. The number of hydrogen-bond donors (Lipinski definition) is 0. The van der Waals surface area contributed by atoms with Crippen LogP contribution in [0.5, 0.6) is 5.88 Å². The fourth-order valence-corrected chi connectivity index (χ4v) is 2.60. The van der Waals surface area contributed by atoms with Crippen LogP contribution in [0.2, 0.25) is 0 Å². The van der Waals surface area contributed by atoms with Gasteiger partial charge in [-0.15, -0.1) is 0 Å². The van der Waals surface area contributed by atoms with Crippen molar-refractivity contribution in [1.29, 1.82) is 0 Å². The molecule has 0 fully saturated rings. The Labute approximate surface area is 155 Å². The van der Waals surface area contributed by atoms with Crippen LogP contribution in [0.3, 0.4) is 0 Å². The molecule has 0 bridgehead atoms. The summed E-state index contributed by atoms with van der Waals surface area (Å²) in [4.78, 5) is 9.57. The van der Waals surface area contributed by atoms with E-state index < -0.39 is 17.6 Å². The molecule has 0 radical (unpaired) electrons. The molecular weight excluding hydrogens is 355 g/mol. The van der Waals surface area contributed by atoms with Crippen molar-refractivity contribution in [2.75, 3.05) is 11.9 Å². The van der Waals surface area contributed by atoms with Crippen LogP contribution in [0.1, 0.15) is 16.7 Å². The van der Waals surface area contributed by atoms with Crippen molar-refractivity contribution in [3.05, 3.63) is 77.5 Å². The van der Waals surface area contributed by atoms with Gasteiger partial charge in [-0.05, 0) is 24.1 Å². The van der Waals surface area contributed by atoms with Gasteiger partial charge >= 0.3 is 6.18 Å². The maximum Gasteiger partial charge on any atom is 0.423 e. The van der Waals surface area contributed by atoms with Gasteiger partial charge in [-0.3, -0.25) is 0 Å². The molecular formula is C20H18F3N3O. The summed E-state index contributed by atoms with van der Waals surface area (Å²) >= 11 is 0. The quantitative estimate of drug-likeness (QED) is 0.620. The number of anilines is 2. The number of ether oxygens (including phenoxy) is 1. The summed E-state index contributed by atoms with van der Waals surface area (Å²) in [6.07, 6.45) is -3.84. The molecule has 0 aliphatic rings. The van der Waals surface area contributed by atoms with Crippen molar-refractivity contribution in [3.8, 4) is 5.88 Å². The van der Waals surface area contributed by atoms with E-state index in [4.69, 9.17) is 4.74 Å². The Bertz CT molecular complexity index is 914. The third kappa shape index (κ3) is 4.36. The first-order chi connectivity index (χ1) is 12.9. The van der Waals surface area contributed by atoms with Gasteiger partial charge in [0.05, 0.1) is 0 Å². The lowest BCUT2D eigenvalue weighted by atomic mass is 10.2. The van der Waals surface area contributed by atoms with E-state index in [0.29, 0.717) is 0 Å². The number of para-hydroxylation sites is 1. The van der Waals surface area contributed by atoms with E-state index in [1.54, 1.807) is 36.2 Å². The molecule has 0 unspecified atom stereocenters. The first-order valence-electron chi connectivity index (χ1n) is 8.26. The smallest absolute Gasteiger partial charge is 0.423 e. The molecule has 0 aliphatic carbocycles. The topological polar surface area (TPSA) is 38.2 Å². The van der Waals surface area contributed by atoms with Crippen molar-refractivity contribution >= 4 is 11.6 Å². The lowest BCUT2D eigenvalue weighted by molar-refractivity contribution is -0.139. The summed E-state index contributed by atoms with van der Waals surface area (Å²) in [5, 5.41) is 0. The van der Waals surface area contributed by atoms with E-state index in [-0.39, 0.29) is 12.6 Å². The highest BCUT2D eigenvalue weighted by atomic mass is 19.4. The number of benzene rings is 2. The Morgan fingerprint density at radius 2 is 1.67 bits per heavy atom. The second-order valence-corrected chi connectivity index (χ2v) is 6.01. The highest BCUT2D eigenvalue weighted by Gasteiger charge is 2.36. The third-order valence-corrected chi connectivity index (χ3v) is 4.04. The molecule has 4 nitrogen and oxygen atoms in total. The van der Waals surface area contributed by atoms with Gasteiger partial charge in [0.1, 0.15) is 12.2 Å². The molecule has 0 N–H and O–H groups in total. The Morgan fingerprint density at radius 3 is 2.33 bits per heavy atom. The van der Waals surface area contributed by atoms with E-state index >= 15 is 0 Å². The van der Waals surface area contributed by atoms with Crippen LogP contribution in [-0.2, 0) is 12.8 Å². The lowest BCUT2D eigenvalue weighted by Gasteiger charge is -2.21. The largest absolute Gasteiger partial charge is 0.472 e. The predicted molar refractivity (Wildman–Crippen MR) is 97.1 cm³/mol. The Balaban J connectivity index is 1.94. The molecule has 0 saturated heterocycles. The molecule has 3 aromatic rings. The van der Waals surface area contributed by atoms with Crippen molar-refractivity contribution in [3.63, 3.8) is 0 Å². The molecule has 0 spiro atoms. The number of rotatable bonds is 5. The number of alkyl halides is 3. The molecule has 0 amide bonds. The Morgan fingerprint density at radius 1 is 1.00 bits per heavy atom. The summed E-state index contributed by atoms with van der Waals surface area (Å²) in [7, 11) is 1.70. The maximum absolute atomic E-state index is 13.3. The summed E-state index contributed by atoms with van der Waals surface area (Å²) in [6.45, 7) is 1.89. The minimum absolute atomic E-state index is 0.0194. The van der Waals surface area contributed by atoms with Gasteiger partial charge in [0.25, 0.3) is 0 Å². The van der Waals surface area contributed by atoms with Crippen molar-refractivity contribution in [2.24, 2.45) is 0 Å². The molecule has 7 heteroatoms. The van der Waals surface area contributed by atoms with Crippen LogP contribution < -0.4 is 9.64 Å². The third-order valence-electron chi connectivity index (χ3n) is 4.04. The van der Waals surface area contributed by atoms with Gasteiger partial charge in [-0.25, -0.2) is 4.98 Å². The van der Waals surface area contributed by atoms with Crippen LogP contribution >= 0.6 is 0 Å². The van der Waals surface area contributed by atoms with Gasteiger partial charge in [-0.2, -0.15) is 18.2 Å². The number of halogens is 3. The van der Waals surface area contributed by atoms with E-state index in [0.717, 1.165) is 23.0 Å². The van der Waals surface area contributed by atoms with E-state index in [2.05, 4.69) is 9.97 Å². The van der Waals surface area contributed by atoms with Gasteiger partial charge in [0, 0.05) is 18.9 Å². The first-order valence-corrected chi connectivity index (χ1v) is 8.26. The SMILES string of the molecule is Cc1ccccc1N(C)c1ncc(C(F)(F)F)c(OCc2ccccc2)n1. The monoisotopic (exact) mass is 373 g/mol. The molecule has 27 heavy (non-hydrogen) atoms. The highest BCUT2D eigenvalue weighted by Crippen LogP contribution is 2.36. The number of aryl methyl sites for hydroxylation is 1. The first kappa shape index (κ1) is 18.7. The van der Waals surface area contributed by atoms with Crippen molar-refractivity contribution in [1.82, 2.24) is 9.97 Å². The minimum Gasteiger partial charge on any atom is -0.472 e. The number of aromatic nitrogens is 2. The average Bonchev–Trinajstić information content (AvgIpc) is 2.66. The molecule has 3 rings (SSSR count). The summed E-state index contributed by atoms with van der Waals surface area (Å²) in [6, 6.07) is 16.4.